The van der Waals surface area contributed by atoms with Crippen molar-refractivity contribution in [2.45, 2.75) is 44.1 Å². The zero-order valence-electron chi connectivity index (χ0n) is 9.30. The summed E-state index contributed by atoms with van der Waals surface area (Å²) in [5.41, 5.74) is 0. The van der Waals surface area contributed by atoms with Crippen molar-refractivity contribution in [3.8, 4) is 0 Å². The lowest BCUT2D eigenvalue weighted by Crippen LogP contribution is -2.50. The molecule has 1 unspecified atom stereocenters. The zero-order chi connectivity index (χ0) is 13.6. The van der Waals surface area contributed by atoms with Crippen LogP contribution in [-0.4, -0.2) is 73.9 Å². The van der Waals surface area contributed by atoms with Crippen LogP contribution in [0, 0.1) is 0 Å². The maximum absolute atomic E-state index is 10.8. The topological polar surface area (TPSA) is 148 Å². The van der Waals surface area contributed by atoms with Gasteiger partial charge in [-0.2, -0.15) is 0 Å². The highest BCUT2D eigenvalue weighted by Crippen LogP contribution is 2.09. The Morgan fingerprint density at radius 1 is 1.06 bits per heavy atom. The van der Waals surface area contributed by atoms with Crippen LogP contribution in [0.3, 0.4) is 0 Å². The van der Waals surface area contributed by atoms with Crippen LogP contribution < -0.4 is 0 Å². The van der Waals surface area contributed by atoms with Gasteiger partial charge in [0.25, 0.3) is 0 Å². The Labute approximate surface area is 97.7 Å². The highest BCUT2D eigenvalue weighted by molar-refractivity contribution is 5.68. The second kappa shape index (κ2) is 7.54. The third-order valence-corrected chi connectivity index (χ3v) is 2.11. The second-order valence-electron chi connectivity index (χ2n) is 3.46. The van der Waals surface area contributed by atoms with E-state index in [0.29, 0.717) is 0 Å². The van der Waals surface area contributed by atoms with E-state index in [-0.39, 0.29) is 6.42 Å². The average Bonchev–Trinajstić information content (AvgIpc) is 2.34. The third kappa shape index (κ3) is 4.94. The molecule has 0 heterocycles. The maximum atomic E-state index is 10.8. The first-order valence-electron chi connectivity index (χ1n) is 5.05. The molecular weight excluding hydrogens is 236 g/mol. The first-order valence-corrected chi connectivity index (χ1v) is 5.05. The third-order valence-electron chi connectivity index (χ3n) is 2.11. The Bertz CT molecular complexity index is 233. The van der Waals surface area contributed by atoms with Gasteiger partial charge in [0.05, 0.1) is 6.61 Å². The normalized spacial score (nSPS) is 20.2. The van der Waals surface area contributed by atoms with E-state index in [9.17, 15) is 25.2 Å². The van der Waals surface area contributed by atoms with E-state index >= 15 is 0 Å². The lowest BCUT2D eigenvalue weighted by molar-refractivity contribution is -0.213. The number of esters is 1. The van der Waals surface area contributed by atoms with Gasteiger partial charge in [0.2, 0.25) is 6.29 Å². The molecule has 0 aromatic carbocycles. The van der Waals surface area contributed by atoms with Crippen LogP contribution in [0.4, 0.5) is 0 Å². The molecule has 5 atom stereocenters. The Kier molecular flexibility index (Phi) is 7.19. The fourth-order valence-corrected chi connectivity index (χ4v) is 0.994. The first-order chi connectivity index (χ1) is 7.84. The van der Waals surface area contributed by atoms with Gasteiger partial charge in [0.15, 0.2) is 0 Å². The second-order valence-corrected chi connectivity index (χ2v) is 3.46. The summed E-state index contributed by atoms with van der Waals surface area (Å²) < 4.78 is 4.30. The number of aliphatic hydroxyl groups is 6. The molecule has 0 aliphatic carbocycles. The van der Waals surface area contributed by atoms with E-state index < -0.39 is 43.3 Å². The molecule has 0 saturated heterocycles. The maximum Gasteiger partial charge on any atom is 0.307 e. The smallest absolute Gasteiger partial charge is 0.307 e. The molecule has 0 amide bonds. The van der Waals surface area contributed by atoms with Gasteiger partial charge in [-0.3, -0.25) is 4.79 Å². The van der Waals surface area contributed by atoms with Crippen LogP contribution in [0.15, 0.2) is 0 Å². The highest BCUT2D eigenvalue weighted by Gasteiger charge is 2.35. The Hall–Kier alpha value is -0.770. The summed E-state index contributed by atoms with van der Waals surface area (Å²) in [7, 11) is 0. The molecule has 8 heteroatoms. The summed E-state index contributed by atoms with van der Waals surface area (Å²) in [5, 5.41) is 54.5. The van der Waals surface area contributed by atoms with Gasteiger partial charge in [-0.25, -0.2) is 0 Å². The summed E-state index contributed by atoms with van der Waals surface area (Å²) in [6, 6.07) is 0. The molecule has 0 radical (unpaired) electrons. The van der Waals surface area contributed by atoms with E-state index in [1.54, 1.807) is 0 Å². The molecule has 8 nitrogen and oxygen atoms in total. The Morgan fingerprint density at radius 2 is 1.59 bits per heavy atom. The molecular formula is C9H18O8. The van der Waals surface area contributed by atoms with Crippen molar-refractivity contribution in [2.75, 3.05) is 6.61 Å². The quantitative estimate of drug-likeness (QED) is 0.204. The molecule has 0 fully saturated rings. The van der Waals surface area contributed by atoms with Crippen LogP contribution in [0.2, 0.25) is 0 Å². The summed E-state index contributed by atoms with van der Waals surface area (Å²) in [4.78, 5) is 10.8. The predicted octanol–water partition coefficient (Wildman–Crippen LogP) is -3.31. The molecule has 0 rings (SSSR count). The molecule has 0 spiro atoms. The number of rotatable bonds is 7. The largest absolute Gasteiger partial charge is 0.433 e. The Morgan fingerprint density at radius 3 is 2.00 bits per heavy atom. The molecule has 0 aliphatic rings. The van der Waals surface area contributed by atoms with Gasteiger partial charge in [-0.15, -0.1) is 0 Å². The summed E-state index contributed by atoms with van der Waals surface area (Å²) in [6.45, 7) is 0.623. The van der Waals surface area contributed by atoms with Gasteiger partial charge in [0.1, 0.15) is 24.4 Å². The van der Waals surface area contributed by atoms with Crippen LogP contribution in [-0.2, 0) is 9.53 Å². The SMILES string of the molecule is CCC(=O)OC(O)[C@@H](O)[C@@H](O)[C@H](O)[C@H](O)CO. The van der Waals surface area contributed by atoms with E-state index in [0.717, 1.165) is 0 Å². The van der Waals surface area contributed by atoms with Crippen LogP contribution in [0.5, 0.6) is 0 Å². The van der Waals surface area contributed by atoms with Gasteiger partial charge in [0, 0.05) is 6.42 Å². The molecule has 0 aliphatic heterocycles. The van der Waals surface area contributed by atoms with Crippen molar-refractivity contribution >= 4 is 5.97 Å². The van der Waals surface area contributed by atoms with Crippen molar-refractivity contribution in [1.29, 1.82) is 0 Å². The van der Waals surface area contributed by atoms with E-state index in [1.165, 1.54) is 6.92 Å². The molecule has 0 aromatic rings. The zero-order valence-corrected chi connectivity index (χ0v) is 9.30. The first kappa shape index (κ1) is 16.2. The lowest BCUT2D eigenvalue weighted by Gasteiger charge is -2.27. The Balaban J connectivity index is 4.37. The molecule has 6 N–H and O–H groups in total. The fourth-order valence-electron chi connectivity index (χ4n) is 0.994. The monoisotopic (exact) mass is 254 g/mol. The van der Waals surface area contributed by atoms with Crippen LogP contribution in [0.1, 0.15) is 13.3 Å². The molecule has 17 heavy (non-hydrogen) atoms. The average molecular weight is 254 g/mol. The van der Waals surface area contributed by atoms with E-state index in [4.69, 9.17) is 10.2 Å². The minimum Gasteiger partial charge on any atom is -0.433 e. The standard InChI is InChI=1S/C9H18O8/c1-2-5(12)17-9(16)8(15)7(14)6(13)4(11)3-10/h4,6-11,13-16H,2-3H2,1H3/t4-,6-,7+,8+,9?/m1/s1. The van der Waals surface area contributed by atoms with Crippen LogP contribution >= 0.6 is 0 Å². The lowest BCUT2D eigenvalue weighted by atomic mass is 10.0. The van der Waals surface area contributed by atoms with Gasteiger partial charge in [-0.05, 0) is 0 Å². The van der Waals surface area contributed by atoms with Gasteiger partial charge >= 0.3 is 5.97 Å². The van der Waals surface area contributed by atoms with Gasteiger partial charge < -0.3 is 35.4 Å². The fraction of sp³-hybridized carbons (Fsp3) is 0.889. The highest BCUT2D eigenvalue weighted by atomic mass is 16.6. The number of carbonyl (C=O) groups excluding carboxylic acids is 1. The summed E-state index contributed by atoms with van der Waals surface area (Å²) in [6.07, 6.45) is -9.61. The number of hydrogen-bond donors (Lipinski definition) is 6. The van der Waals surface area contributed by atoms with Crippen molar-refractivity contribution in [3.05, 3.63) is 0 Å². The van der Waals surface area contributed by atoms with Crippen molar-refractivity contribution in [1.82, 2.24) is 0 Å². The van der Waals surface area contributed by atoms with Gasteiger partial charge in [-0.1, -0.05) is 6.92 Å². The summed E-state index contributed by atoms with van der Waals surface area (Å²) >= 11 is 0. The number of carbonyl (C=O) groups is 1. The van der Waals surface area contributed by atoms with E-state index in [2.05, 4.69) is 4.74 Å². The molecule has 0 aromatic heterocycles. The van der Waals surface area contributed by atoms with Crippen molar-refractivity contribution in [2.24, 2.45) is 0 Å². The van der Waals surface area contributed by atoms with Crippen molar-refractivity contribution < 1.29 is 40.2 Å². The van der Waals surface area contributed by atoms with Crippen LogP contribution in [0.25, 0.3) is 0 Å². The van der Waals surface area contributed by atoms with Crippen molar-refractivity contribution in [3.63, 3.8) is 0 Å². The summed E-state index contributed by atoms with van der Waals surface area (Å²) in [5.74, 6) is -0.805. The van der Waals surface area contributed by atoms with E-state index in [1.807, 2.05) is 0 Å². The molecule has 102 valence electrons. The molecule has 0 bridgehead atoms. The number of hydrogen-bond acceptors (Lipinski definition) is 8. The predicted molar refractivity (Wildman–Crippen MR) is 53.5 cm³/mol. The minimum atomic E-state index is -2.03. The number of aliphatic hydroxyl groups excluding tert-OH is 6. The molecule has 0 saturated carbocycles. The minimum absolute atomic E-state index is 0.0400. The number of ether oxygens (including phenoxy) is 1.